The molecule has 1 unspecified atom stereocenters. The molecule has 0 radical (unpaired) electrons. The van der Waals surface area contributed by atoms with Gasteiger partial charge in [0, 0.05) is 23.4 Å². The number of thiazole rings is 1. The number of aliphatic hydroxyl groups excluding tert-OH is 1. The molecule has 1 heterocycles. The third-order valence-corrected chi connectivity index (χ3v) is 7.00. The van der Waals surface area contributed by atoms with Gasteiger partial charge in [-0.1, -0.05) is 43.7 Å². The second-order valence-corrected chi connectivity index (χ2v) is 10.3. The average molecular weight is 430 g/mol. The van der Waals surface area contributed by atoms with Crippen LogP contribution in [0.2, 0.25) is 0 Å². The molecule has 0 aliphatic carbocycles. The minimum Gasteiger partial charge on any atom is -0.388 e. The molecule has 6 nitrogen and oxygen atoms in total. The first-order valence-corrected chi connectivity index (χ1v) is 12.6. The molecule has 150 valence electrons. The summed E-state index contributed by atoms with van der Waals surface area (Å²) in [4.78, 5) is 4.38. The second-order valence-electron chi connectivity index (χ2n) is 6.29. The molecule has 0 bridgehead atoms. The maximum atomic E-state index is 12.2. The fraction of sp³-hybridized carbons (Fsp3) is 0.500. The van der Waals surface area contributed by atoms with E-state index in [0.717, 1.165) is 28.4 Å². The van der Waals surface area contributed by atoms with Crippen molar-refractivity contribution in [2.24, 2.45) is 0 Å². The van der Waals surface area contributed by atoms with Crippen molar-refractivity contribution in [3.63, 3.8) is 0 Å². The molecule has 0 aliphatic rings. The number of anilines is 1. The Bertz CT molecular complexity index is 807. The lowest BCUT2D eigenvalue weighted by atomic mass is 10.0. The molecule has 9 heteroatoms. The van der Waals surface area contributed by atoms with Gasteiger partial charge in [-0.3, -0.25) is 0 Å². The SMILES string of the molecule is CCCCC(O)c1ccc(N(NCCSc2nc(C)cs2)S(C)(=O)=O)cc1. The monoisotopic (exact) mass is 429 g/mol. The van der Waals surface area contributed by atoms with Gasteiger partial charge < -0.3 is 5.11 Å². The smallest absolute Gasteiger partial charge is 0.245 e. The predicted molar refractivity (Wildman–Crippen MR) is 114 cm³/mol. The van der Waals surface area contributed by atoms with Crippen molar-refractivity contribution in [1.29, 1.82) is 0 Å². The zero-order valence-corrected chi connectivity index (χ0v) is 18.3. The lowest BCUT2D eigenvalue weighted by molar-refractivity contribution is 0.164. The zero-order valence-electron chi connectivity index (χ0n) is 15.9. The van der Waals surface area contributed by atoms with E-state index in [0.29, 0.717) is 24.4 Å². The van der Waals surface area contributed by atoms with E-state index < -0.39 is 16.1 Å². The summed E-state index contributed by atoms with van der Waals surface area (Å²) in [5.41, 5.74) is 5.30. The van der Waals surface area contributed by atoms with Crippen molar-refractivity contribution < 1.29 is 13.5 Å². The number of aromatic nitrogens is 1. The number of hydrazine groups is 1. The van der Waals surface area contributed by atoms with Crippen LogP contribution >= 0.6 is 23.1 Å². The summed E-state index contributed by atoms with van der Waals surface area (Å²) in [5.74, 6) is 0.701. The van der Waals surface area contributed by atoms with Crippen molar-refractivity contribution in [3.05, 3.63) is 40.9 Å². The zero-order chi connectivity index (χ0) is 19.9. The van der Waals surface area contributed by atoms with Crippen LogP contribution in [0.15, 0.2) is 34.0 Å². The first kappa shape index (κ1) is 22.2. The highest BCUT2D eigenvalue weighted by Gasteiger charge is 2.17. The Hall–Kier alpha value is -1.13. The predicted octanol–water partition coefficient (Wildman–Crippen LogP) is 3.74. The van der Waals surface area contributed by atoms with E-state index in [2.05, 4.69) is 17.3 Å². The molecule has 2 N–H and O–H groups in total. The van der Waals surface area contributed by atoms with Gasteiger partial charge in [-0.15, -0.1) is 11.3 Å². The minimum atomic E-state index is -3.47. The van der Waals surface area contributed by atoms with Crippen LogP contribution in [0.3, 0.4) is 0 Å². The Labute approximate surface area is 170 Å². The molecule has 0 saturated heterocycles. The van der Waals surface area contributed by atoms with E-state index in [-0.39, 0.29) is 0 Å². The number of hydrogen-bond acceptors (Lipinski definition) is 7. The van der Waals surface area contributed by atoms with Gasteiger partial charge in [0.2, 0.25) is 10.0 Å². The van der Waals surface area contributed by atoms with Crippen molar-refractivity contribution in [2.75, 3.05) is 23.0 Å². The van der Waals surface area contributed by atoms with Crippen LogP contribution in [-0.2, 0) is 10.0 Å². The van der Waals surface area contributed by atoms with Crippen LogP contribution in [0.5, 0.6) is 0 Å². The van der Waals surface area contributed by atoms with Gasteiger partial charge >= 0.3 is 0 Å². The number of thioether (sulfide) groups is 1. The number of nitrogens with one attached hydrogen (secondary N) is 1. The molecule has 1 aromatic carbocycles. The number of benzene rings is 1. The summed E-state index contributed by atoms with van der Waals surface area (Å²) >= 11 is 3.18. The van der Waals surface area contributed by atoms with Crippen LogP contribution in [-0.4, -0.2) is 37.1 Å². The van der Waals surface area contributed by atoms with Gasteiger partial charge in [0.25, 0.3) is 0 Å². The normalized spacial score (nSPS) is 12.9. The number of aryl methyl sites for hydroxylation is 1. The number of nitrogens with zero attached hydrogens (tertiary/aromatic N) is 2. The Morgan fingerprint density at radius 1 is 1.33 bits per heavy atom. The Kier molecular flexibility index (Phi) is 8.56. The third kappa shape index (κ3) is 7.08. The summed E-state index contributed by atoms with van der Waals surface area (Å²) in [7, 11) is -3.47. The van der Waals surface area contributed by atoms with Crippen LogP contribution < -0.4 is 9.84 Å². The van der Waals surface area contributed by atoms with Gasteiger partial charge in [-0.05, 0) is 31.0 Å². The Morgan fingerprint density at radius 2 is 2.04 bits per heavy atom. The third-order valence-electron chi connectivity index (χ3n) is 3.86. The van der Waals surface area contributed by atoms with Crippen molar-refractivity contribution in [3.8, 4) is 0 Å². The van der Waals surface area contributed by atoms with E-state index >= 15 is 0 Å². The quantitative estimate of drug-likeness (QED) is 0.322. The minimum absolute atomic E-state index is 0.483. The number of rotatable bonds is 11. The maximum Gasteiger partial charge on any atom is 0.245 e. The van der Waals surface area contributed by atoms with E-state index in [1.807, 2.05) is 12.3 Å². The van der Waals surface area contributed by atoms with Gasteiger partial charge in [0.05, 0.1) is 18.0 Å². The molecule has 2 rings (SSSR count). The van der Waals surface area contributed by atoms with Crippen molar-refractivity contribution in [2.45, 2.75) is 43.6 Å². The molecule has 0 spiro atoms. The van der Waals surface area contributed by atoms with Crippen molar-refractivity contribution in [1.82, 2.24) is 10.4 Å². The number of sulfonamides is 1. The molecular formula is C18H27N3O3S3. The molecule has 0 saturated carbocycles. The fourth-order valence-corrected chi connectivity index (χ4v) is 5.07. The molecule has 1 aromatic heterocycles. The summed E-state index contributed by atoms with van der Waals surface area (Å²) in [6.07, 6.45) is 3.34. The summed E-state index contributed by atoms with van der Waals surface area (Å²) in [6, 6.07) is 7.00. The average Bonchev–Trinajstić information content (AvgIpc) is 3.04. The first-order chi connectivity index (χ1) is 12.8. The molecule has 1 atom stereocenters. The highest BCUT2D eigenvalue weighted by molar-refractivity contribution is 8.01. The van der Waals surface area contributed by atoms with Crippen LogP contribution in [0.1, 0.15) is 43.5 Å². The van der Waals surface area contributed by atoms with Gasteiger partial charge in [0.15, 0.2) is 0 Å². The lowest BCUT2D eigenvalue weighted by Gasteiger charge is -2.23. The molecule has 2 aromatic rings. The van der Waals surface area contributed by atoms with E-state index in [1.165, 1.54) is 10.7 Å². The number of unbranched alkanes of at least 4 members (excludes halogenated alkanes) is 1. The Morgan fingerprint density at radius 3 is 2.59 bits per heavy atom. The number of aliphatic hydroxyl groups is 1. The first-order valence-electron chi connectivity index (χ1n) is 8.88. The number of hydrogen-bond donors (Lipinski definition) is 2. The van der Waals surface area contributed by atoms with Gasteiger partial charge in [-0.2, -0.15) is 0 Å². The lowest BCUT2D eigenvalue weighted by Crippen LogP contribution is -2.43. The fourth-order valence-electron chi connectivity index (χ4n) is 2.48. The van der Waals surface area contributed by atoms with Gasteiger partial charge in [0.1, 0.15) is 4.34 Å². The Balaban J connectivity index is 1.97. The molecule has 0 amide bonds. The molecular weight excluding hydrogens is 402 g/mol. The largest absolute Gasteiger partial charge is 0.388 e. The summed E-state index contributed by atoms with van der Waals surface area (Å²) < 4.78 is 26.5. The maximum absolute atomic E-state index is 12.2. The summed E-state index contributed by atoms with van der Waals surface area (Å²) in [6.45, 7) is 4.52. The standard InChI is InChI=1S/C18H27N3O3S3/c1-4-5-6-17(22)15-7-9-16(10-8-15)21(27(3,23)24)19-11-12-25-18-20-14(2)13-26-18/h7-10,13,17,19,22H,4-6,11-12H2,1-3H3. The highest BCUT2D eigenvalue weighted by atomic mass is 32.2. The second kappa shape index (κ2) is 10.4. The van der Waals surface area contributed by atoms with Crippen LogP contribution in [0.25, 0.3) is 0 Å². The van der Waals surface area contributed by atoms with E-state index in [1.54, 1.807) is 47.4 Å². The summed E-state index contributed by atoms with van der Waals surface area (Å²) in [5, 5.41) is 12.2. The molecule has 0 fully saturated rings. The van der Waals surface area contributed by atoms with E-state index in [9.17, 15) is 13.5 Å². The van der Waals surface area contributed by atoms with Crippen LogP contribution in [0, 0.1) is 6.92 Å². The molecule has 27 heavy (non-hydrogen) atoms. The van der Waals surface area contributed by atoms with Crippen LogP contribution in [0.4, 0.5) is 5.69 Å². The highest BCUT2D eigenvalue weighted by Crippen LogP contribution is 2.24. The van der Waals surface area contributed by atoms with E-state index in [4.69, 9.17) is 0 Å². The molecule has 0 aliphatic heterocycles. The van der Waals surface area contributed by atoms with Crippen molar-refractivity contribution >= 4 is 38.8 Å². The van der Waals surface area contributed by atoms with Gasteiger partial charge in [-0.25, -0.2) is 23.2 Å². The topological polar surface area (TPSA) is 82.5 Å².